The Morgan fingerprint density at radius 1 is 1.50 bits per heavy atom. The molecule has 96 valence electrons. The molecule has 1 N–H and O–H groups in total. The van der Waals surface area contributed by atoms with Crippen LogP contribution in [0.1, 0.15) is 18.4 Å². The third-order valence-corrected chi connectivity index (χ3v) is 2.54. The Hall–Kier alpha value is -2.02. The summed E-state index contributed by atoms with van der Waals surface area (Å²) in [6, 6.07) is 1.93. The van der Waals surface area contributed by atoms with Crippen LogP contribution in [0.2, 0.25) is 5.02 Å². The highest BCUT2D eigenvalue weighted by molar-refractivity contribution is 6.31. The summed E-state index contributed by atoms with van der Waals surface area (Å²) in [5, 5.41) is 19.1. The SMILES string of the molecule is CC(=O)C(C(=O)O)c1ccc(Cl)c(F)c1[N+](=O)[O-]. The van der Waals surface area contributed by atoms with Crippen molar-refractivity contribution in [2.75, 3.05) is 0 Å². The summed E-state index contributed by atoms with van der Waals surface area (Å²) >= 11 is 5.38. The van der Waals surface area contributed by atoms with Crippen molar-refractivity contribution < 1.29 is 24.0 Å². The van der Waals surface area contributed by atoms with Crippen LogP contribution >= 0.6 is 11.6 Å². The minimum atomic E-state index is -1.79. The Bertz CT molecular complexity index is 531. The summed E-state index contributed by atoms with van der Waals surface area (Å²) in [6.07, 6.45) is 0. The lowest BCUT2D eigenvalue weighted by molar-refractivity contribution is -0.388. The number of carboxylic acid groups (broad SMARTS) is 1. The number of hydrogen-bond donors (Lipinski definition) is 1. The molecular formula is C10H7ClFNO5. The monoisotopic (exact) mass is 275 g/mol. The summed E-state index contributed by atoms with van der Waals surface area (Å²) in [6.45, 7) is 0.953. The van der Waals surface area contributed by atoms with Crippen molar-refractivity contribution in [3.63, 3.8) is 0 Å². The maximum absolute atomic E-state index is 13.5. The number of carbonyl (C=O) groups is 2. The van der Waals surface area contributed by atoms with Crippen molar-refractivity contribution in [3.8, 4) is 0 Å². The maximum atomic E-state index is 13.5. The van der Waals surface area contributed by atoms with E-state index in [1.165, 1.54) is 0 Å². The van der Waals surface area contributed by atoms with E-state index < -0.39 is 44.7 Å². The van der Waals surface area contributed by atoms with Gasteiger partial charge in [0.2, 0.25) is 5.82 Å². The highest BCUT2D eigenvalue weighted by Crippen LogP contribution is 2.33. The van der Waals surface area contributed by atoms with E-state index in [1.54, 1.807) is 0 Å². The molecule has 0 aliphatic rings. The van der Waals surface area contributed by atoms with Crippen molar-refractivity contribution in [3.05, 3.63) is 38.7 Å². The minimum Gasteiger partial charge on any atom is -0.480 e. The van der Waals surface area contributed by atoms with Crippen LogP contribution in [0.4, 0.5) is 10.1 Å². The number of carbonyl (C=O) groups excluding carboxylic acids is 1. The van der Waals surface area contributed by atoms with Gasteiger partial charge in [0.25, 0.3) is 0 Å². The maximum Gasteiger partial charge on any atom is 0.318 e. The molecule has 0 radical (unpaired) electrons. The predicted molar refractivity (Wildman–Crippen MR) is 59.1 cm³/mol. The van der Waals surface area contributed by atoms with Crippen molar-refractivity contribution in [1.82, 2.24) is 0 Å². The standard InChI is InChI=1S/C10H7ClFNO5/c1-4(14)7(10(15)16)5-2-3-6(11)8(12)9(5)13(17)18/h2-3,7H,1H3,(H,15,16). The van der Waals surface area contributed by atoms with Gasteiger partial charge < -0.3 is 5.11 Å². The number of nitrogens with zero attached hydrogens (tertiary/aromatic N) is 1. The van der Waals surface area contributed by atoms with Crippen LogP contribution in [0.15, 0.2) is 12.1 Å². The van der Waals surface area contributed by atoms with Crippen molar-refractivity contribution in [2.24, 2.45) is 0 Å². The topological polar surface area (TPSA) is 97.5 Å². The van der Waals surface area contributed by atoms with E-state index in [-0.39, 0.29) is 0 Å². The zero-order valence-electron chi connectivity index (χ0n) is 9.02. The van der Waals surface area contributed by atoms with Crippen LogP contribution in [0, 0.1) is 15.9 Å². The van der Waals surface area contributed by atoms with Crippen molar-refractivity contribution in [2.45, 2.75) is 12.8 Å². The average Bonchev–Trinajstić information content (AvgIpc) is 2.21. The van der Waals surface area contributed by atoms with Crippen LogP contribution in [0.5, 0.6) is 0 Å². The second-order valence-electron chi connectivity index (χ2n) is 3.44. The molecule has 0 saturated heterocycles. The number of nitro benzene ring substituents is 1. The van der Waals surface area contributed by atoms with Crippen LogP contribution in [0.25, 0.3) is 0 Å². The van der Waals surface area contributed by atoms with Gasteiger partial charge in [-0.05, 0) is 19.1 Å². The number of carboxylic acids is 1. The highest BCUT2D eigenvalue weighted by Gasteiger charge is 2.34. The van der Waals surface area contributed by atoms with Gasteiger partial charge >= 0.3 is 11.7 Å². The number of ketones is 1. The van der Waals surface area contributed by atoms with Gasteiger partial charge in [0.05, 0.1) is 15.5 Å². The zero-order valence-corrected chi connectivity index (χ0v) is 9.77. The first-order chi connectivity index (χ1) is 8.27. The van der Waals surface area contributed by atoms with E-state index in [2.05, 4.69) is 0 Å². The molecule has 1 aromatic carbocycles. The van der Waals surface area contributed by atoms with E-state index in [4.69, 9.17) is 16.7 Å². The minimum absolute atomic E-state index is 0.516. The normalized spacial score (nSPS) is 11.9. The summed E-state index contributed by atoms with van der Waals surface area (Å²) in [4.78, 5) is 31.8. The zero-order chi connectivity index (χ0) is 14.0. The molecule has 8 heteroatoms. The number of nitro groups is 1. The molecule has 0 spiro atoms. The summed E-state index contributed by atoms with van der Waals surface area (Å²) in [5.41, 5.74) is -1.62. The van der Waals surface area contributed by atoms with E-state index in [9.17, 15) is 24.1 Å². The first kappa shape index (κ1) is 14.0. The fourth-order valence-electron chi connectivity index (χ4n) is 1.50. The lowest BCUT2D eigenvalue weighted by Gasteiger charge is -2.10. The van der Waals surface area contributed by atoms with Gasteiger partial charge in [-0.15, -0.1) is 0 Å². The number of rotatable bonds is 4. The number of halogens is 2. The third kappa shape index (κ3) is 2.45. The van der Waals surface area contributed by atoms with Gasteiger partial charge in [-0.2, -0.15) is 4.39 Å². The molecule has 1 unspecified atom stereocenters. The molecule has 0 aromatic heterocycles. The average molecular weight is 276 g/mol. The number of hydrogen-bond acceptors (Lipinski definition) is 4. The molecule has 0 amide bonds. The van der Waals surface area contributed by atoms with Gasteiger partial charge in [0.1, 0.15) is 11.7 Å². The first-order valence-electron chi connectivity index (χ1n) is 4.63. The van der Waals surface area contributed by atoms with Crippen LogP contribution in [0.3, 0.4) is 0 Å². The molecule has 0 fully saturated rings. The second-order valence-corrected chi connectivity index (χ2v) is 3.85. The molecule has 0 aliphatic carbocycles. The molecule has 0 saturated carbocycles. The predicted octanol–water partition coefficient (Wildman–Crippen LogP) is 2.14. The van der Waals surface area contributed by atoms with E-state index in [0.29, 0.717) is 0 Å². The Kier molecular flexibility index (Phi) is 3.97. The highest BCUT2D eigenvalue weighted by atomic mass is 35.5. The van der Waals surface area contributed by atoms with Crippen molar-refractivity contribution >= 4 is 29.0 Å². The number of aliphatic carboxylic acids is 1. The molecular weight excluding hydrogens is 269 g/mol. The number of Topliss-reactive ketones (excluding diaryl/α,β-unsaturated/α-hetero) is 1. The van der Waals surface area contributed by atoms with Gasteiger partial charge in [-0.25, -0.2) is 0 Å². The van der Waals surface area contributed by atoms with Crippen LogP contribution in [-0.4, -0.2) is 21.8 Å². The summed E-state index contributed by atoms with van der Waals surface area (Å²) in [5.74, 6) is -5.58. The quantitative estimate of drug-likeness (QED) is 0.516. The second kappa shape index (κ2) is 5.09. The molecule has 1 atom stereocenters. The lowest BCUT2D eigenvalue weighted by Crippen LogP contribution is -2.20. The summed E-state index contributed by atoms with van der Waals surface area (Å²) in [7, 11) is 0. The molecule has 1 aromatic rings. The Morgan fingerprint density at radius 3 is 2.44 bits per heavy atom. The first-order valence-corrected chi connectivity index (χ1v) is 5.00. The molecule has 18 heavy (non-hydrogen) atoms. The van der Waals surface area contributed by atoms with Gasteiger partial charge in [0.15, 0.2) is 0 Å². The van der Waals surface area contributed by atoms with E-state index >= 15 is 0 Å². The van der Waals surface area contributed by atoms with E-state index in [1.807, 2.05) is 0 Å². The number of benzene rings is 1. The fourth-order valence-corrected chi connectivity index (χ4v) is 1.65. The van der Waals surface area contributed by atoms with E-state index in [0.717, 1.165) is 19.1 Å². The largest absolute Gasteiger partial charge is 0.480 e. The summed E-state index contributed by atoms with van der Waals surface area (Å²) < 4.78 is 13.5. The fraction of sp³-hybridized carbons (Fsp3) is 0.200. The Morgan fingerprint density at radius 2 is 2.06 bits per heavy atom. The molecule has 0 heterocycles. The Labute approximate surface area is 105 Å². The molecule has 0 aliphatic heterocycles. The van der Waals surface area contributed by atoms with Gasteiger partial charge in [-0.3, -0.25) is 19.7 Å². The lowest BCUT2D eigenvalue weighted by atomic mass is 9.94. The van der Waals surface area contributed by atoms with Gasteiger partial charge in [-0.1, -0.05) is 11.6 Å². The Balaban J connectivity index is 3.58. The molecule has 6 nitrogen and oxygen atoms in total. The van der Waals surface area contributed by atoms with Crippen LogP contribution < -0.4 is 0 Å². The smallest absolute Gasteiger partial charge is 0.318 e. The third-order valence-electron chi connectivity index (χ3n) is 2.25. The molecule has 0 bridgehead atoms. The van der Waals surface area contributed by atoms with Crippen molar-refractivity contribution in [1.29, 1.82) is 0 Å². The molecule has 1 rings (SSSR count). The van der Waals surface area contributed by atoms with Crippen LogP contribution in [-0.2, 0) is 9.59 Å². The van der Waals surface area contributed by atoms with Gasteiger partial charge in [0, 0.05) is 0 Å².